The molecule has 0 aromatic heterocycles. The maximum Gasteiger partial charge on any atom is 0.310 e. The Kier molecular flexibility index (Phi) is 2.84. The molecule has 4 heteroatoms. The molecule has 0 aliphatic carbocycles. The molecule has 1 rings (SSSR count). The molecule has 0 radical (unpaired) electrons. The highest BCUT2D eigenvalue weighted by Gasteiger charge is 2.09. The van der Waals surface area contributed by atoms with E-state index >= 15 is 0 Å². The minimum Gasteiger partial charge on any atom is -0.469 e. The molecule has 0 amide bonds. The topological polar surface area (TPSA) is 52.3 Å². The van der Waals surface area contributed by atoms with Crippen LogP contribution in [0, 0.1) is 5.82 Å². The van der Waals surface area contributed by atoms with Gasteiger partial charge in [-0.2, -0.15) is 0 Å². The van der Waals surface area contributed by atoms with Gasteiger partial charge < -0.3 is 10.5 Å². The highest BCUT2D eigenvalue weighted by molar-refractivity contribution is 5.72. The van der Waals surface area contributed by atoms with Crippen LogP contribution in [0.25, 0.3) is 0 Å². The zero-order valence-corrected chi connectivity index (χ0v) is 7.21. The molecule has 0 heterocycles. The number of rotatable bonds is 2. The summed E-state index contributed by atoms with van der Waals surface area (Å²) in [7, 11) is 1.26. The molecule has 0 saturated heterocycles. The van der Waals surface area contributed by atoms with Crippen LogP contribution in [0.3, 0.4) is 0 Å². The summed E-state index contributed by atoms with van der Waals surface area (Å²) in [6, 6.07) is 4.54. The summed E-state index contributed by atoms with van der Waals surface area (Å²) in [5.74, 6) is -1.03. The van der Waals surface area contributed by atoms with Crippen LogP contribution in [0.1, 0.15) is 5.56 Å². The summed E-state index contributed by atoms with van der Waals surface area (Å²) in [6.07, 6.45) is -0.0899. The molecule has 13 heavy (non-hydrogen) atoms. The van der Waals surface area contributed by atoms with Crippen molar-refractivity contribution in [3.05, 3.63) is 29.6 Å². The van der Waals surface area contributed by atoms with Gasteiger partial charge in [0.25, 0.3) is 0 Å². The van der Waals surface area contributed by atoms with Crippen molar-refractivity contribution in [2.45, 2.75) is 6.42 Å². The molecule has 0 spiro atoms. The average Bonchev–Trinajstić information content (AvgIpc) is 2.13. The van der Waals surface area contributed by atoms with Crippen molar-refractivity contribution in [2.24, 2.45) is 0 Å². The standard InChI is InChI=1S/C9H10FNO2/c1-13-8(12)5-6-3-2-4-7(11)9(6)10/h2-4H,5,11H2,1H3. The Morgan fingerprint density at radius 1 is 1.62 bits per heavy atom. The monoisotopic (exact) mass is 183 g/mol. The number of benzene rings is 1. The Morgan fingerprint density at radius 2 is 2.31 bits per heavy atom. The van der Waals surface area contributed by atoms with Crippen molar-refractivity contribution in [3.63, 3.8) is 0 Å². The van der Waals surface area contributed by atoms with Crippen molar-refractivity contribution in [1.29, 1.82) is 0 Å². The summed E-state index contributed by atoms with van der Waals surface area (Å²) < 4.78 is 17.6. The van der Waals surface area contributed by atoms with Gasteiger partial charge in [-0.3, -0.25) is 4.79 Å². The molecule has 0 bridgehead atoms. The van der Waals surface area contributed by atoms with E-state index < -0.39 is 11.8 Å². The maximum atomic E-state index is 13.2. The van der Waals surface area contributed by atoms with E-state index in [4.69, 9.17) is 5.73 Å². The Balaban J connectivity index is 2.89. The third-order valence-corrected chi connectivity index (χ3v) is 1.67. The number of anilines is 1. The number of nitrogens with two attached hydrogens (primary N) is 1. The molecule has 0 saturated carbocycles. The number of carbonyl (C=O) groups is 1. The Labute approximate surface area is 75.3 Å². The minimum atomic E-state index is -0.548. The summed E-state index contributed by atoms with van der Waals surface area (Å²) in [5, 5.41) is 0. The maximum absolute atomic E-state index is 13.2. The van der Waals surface area contributed by atoms with Gasteiger partial charge >= 0.3 is 5.97 Å². The first kappa shape index (κ1) is 9.51. The summed E-state index contributed by atoms with van der Waals surface area (Å²) >= 11 is 0. The number of methoxy groups -OCH3 is 1. The highest BCUT2D eigenvalue weighted by atomic mass is 19.1. The summed E-state index contributed by atoms with van der Waals surface area (Å²) in [6.45, 7) is 0. The van der Waals surface area contributed by atoms with Crippen LogP contribution in [-0.4, -0.2) is 13.1 Å². The quantitative estimate of drug-likeness (QED) is 0.552. The molecule has 0 atom stereocenters. The Morgan fingerprint density at radius 3 is 2.92 bits per heavy atom. The zero-order chi connectivity index (χ0) is 9.84. The number of halogens is 1. The van der Waals surface area contributed by atoms with Gasteiger partial charge in [-0.25, -0.2) is 4.39 Å². The first-order valence-electron chi connectivity index (χ1n) is 3.75. The summed E-state index contributed by atoms with van der Waals surface area (Å²) in [5.41, 5.74) is 5.61. The van der Waals surface area contributed by atoms with Gasteiger partial charge in [-0.1, -0.05) is 12.1 Å². The number of carbonyl (C=O) groups excluding carboxylic acids is 1. The number of nitrogen functional groups attached to an aromatic ring is 1. The lowest BCUT2D eigenvalue weighted by molar-refractivity contribution is -0.139. The number of ether oxygens (including phenoxy) is 1. The third-order valence-electron chi connectivity index (χ3n) is 1.67. The van der Waals surface area contributed by atoms with Crippen LogP contribution in [0.2, 0.25) is 0 Å². The molecular formula is C9H10FNO2. The lowest BCUT2D eigenvalue weighted by Crippen LogP contribution is -2.07. The molecule has 0 unspecified atom stereocenters. The van der Waals surface area contributed by atoms with Gasteiger partial charge in [0.15, 0.2) is 0 Å². The zero-order valence-electron chi connectivity index (χ0n) is 7.21. The van der Waals surface area contributed by atoms with E-state index in [9.17, 15) is 9.18 Å². The number of hydrogen-bond donors (Lipinski definition) is 1. The van der Waals surface area contributed by atoms with Crippen LogP contribution in [0.5, 0.6) is 0 Å². The molecule has 70 valence electrons. The largest absolute Gasteiger partial charge is 0.469 e. The van der Waals surface area contributed by atoms with E-state index in [1.165, 1.54) is 19.2 Å². The number of hydrogen-bond acceptors (Lipinski definition) is 3. The smallest absolute Gasteiger partial charge is 0.310 e. The van der Waals surface area contributed by atoms with E-state index in [1.54, 1.807) is 6.07 Å². The van der Waals surface area contributed by atoms with E-state index in [0.717, 1.165) is 0 Å². The van der Waals surface area contributed by atoms with Gasteiger partial charge in [-0.15, -0.1) is 0 Å². The molecule has 3 nitrogen and oxygen atoms in total. The van der Waals surface area contributed by atoms with Crippen LogP contribution >= 0.6 is 0 Å². The van der Waals surface area contributed by atoms with Crippen molar-refractivity contribution >= 4 is 11.7 Å². The number of esters is 1. The highest BCUT2D eigenvalue weighted by Crippen LogP contribution is 2.15. The molecule has 0 aliphatic heterocycles. The SMILES string of the molecule is COC(=O)Cc1cccc(N)c1F. The summed E-state index contributed by atoms with van der Waals surface area (Å²) in [4.78, 5) is 10.8. The first-order chi connectivity index (χ1) is 6.15. The third kappa shape index (κ3) is 2.18. The van der Waals surface area contributed by atoms with E-state index in [0.29, 0.717) is 0 Å². The van der Waals surface area contributed by atoms with Gasteiger partial charge in [0, 0.05) is 5.56 Å². The molecule has 0 aliphatic rings. The van der Waals surface area contributed by atoms with Crippen molar-refractivity contribution in [2.75, 3.05) is 12.8 Å². The van der Waals surface area contributed by atoms with Crippen molar-refractivity contribution in [1.82, 2.24) is 0 Å². The fourth-order valence-corrected chi connectivity index (χ4v) is 0.964. The molecule has 2 N–H and O–H groups in total. The fraction of sp³-hybridized carbons (Fsp3) is 0.222. The predicted molar refractivity (Wildman–Crippen MR) is 46.5 cm³/mol. The van der Waals surface area contributed by atoms with Crippen molar-refractivity contribution in [3.8, 4) is 0 Å². The second-order valence-corrected chi connectivity index (χ2v) is 2.57. The van der Waals surface area contributed by atoms with Gasteiger partial charge in [0.05, 0.1) is 19.2 Å². The van der Waals surface area contributed by atoms with E-state index in [-0.39, 0.29) is 17.7 Å². The second-order valence-electron chi connectivity index (χ2n) is 2.57. The molecule has 0 fully saturated rings. The van der Waals surface area contributed by atoms with Crippen LogP contribution in [0.15, 0.2) is 18.2 Å². The van der Waals surface area contributed by atoms with Crippen molar-refractivity contribution < 1.29 is 13.9 Å². The molecule has 1 aromatic rings. The minimum absolute atomic E-state index is 0.0430. The van der Waals surface area contributed by atoms with Crippen LogP contribution < -0.4 is 5.73 Å². The van der Waals surface area contributed by atoms with Gasteiger partial charge in [-0.05, 0) is 6.07 Å². The lowest BCUT2D eigenvalue weighted by atomic mass is 10.1. The predicted octanol–water partition coefficient (Wildman–Crippen LogP) is 1.12. The van der Waals surface area contributed by atoms with E-state index in [2.05, 4.69) is 4.74 Å². The van der Waals surface area contributed by atoms with Gasteiger partial charge in [0.2, 0.25) is 0 Å². The molecular weight excluding hydrogens is 173 g/mol. The lowest BCUT2D eigenvalue weighted by Gasteiger charge is -2.03. The molecule has 1 aromatic carbocycles. The normalized spacial score (nSPS) is 9.69. The fourth-order valence-electron chi connectivity index (χ4n) is 0.964. The Hall–Kier alpha value is -1.58. The van der Waals surface area contributed by atoms with Gasteiger partial charge in [0.1, 0.15) is 5.82 Å². The van der Waals surface area contributed by atoms with Crippen LogP contribution in [-0.2, 0) is 16.0 Å². The first-order valence-corrected chi connectivity index (χ1v) is 3.75. The average molecular weight is 183 g/mol. The Bertz CT molecular complexity index is 325. The van der Waals surface area contributed by atoms with E-state index in [1.807, 2.05) is 0 Å². The van der Waals surface area contributed by atoms with Crippen LogP contribution in [0.4, 0.5) is 10.1 Å². The second kappa shape index (κ2) is 3.89.